The van der Waals surface area contributed by atoms with Gasteiger partial charge in [-0.3, -0.25) is 57.5 Å². The Labute approximate surface area is 605 Å². The molecule has 2 unspecified atom stereocenters. The lowest BCUT2D eigenvalue weighted by molar-refractivity contribution is -0.219. The van der Waals surface area contributed by atoms with Crippen LogP contribution in [0.5, 0.6) is 0 Å². The molecule has 580 valence electrons. The maximum absolute atomic E-state index is 15.6. The highest BCUT2D eigenvalue weighted by atomic mass is 19.4. The van der Waals surface area contributed by atoms with E-state index in [0.717, 1.165) is 48.3 Å². The highest BCUT2D eigenvalue weighted by molar-refractivity contribution is 6.01. The van der Waals surface area contributed by atoms with E-state index in [1.807, 2.05) is 19.9 Å². The molecular weight excluding hydrogens is 1340 g/mol. The van der Waals surface area contributed by atoms with E-state index in [9.17, 15) is 41.9 Å². The van der Waals surface area contributed by atoms with Crippen molar-refractivity contribution < 1.29 is 79.5 Å². The molecule has 3 aliphatic heterocycles. The zero-order chi connectivity index (χ0) is 76.4. The van der Waals surface area contributed by atoms with Crippen LogP contribution in [-0.2, 0) is 57.5 Å². The van der Waals surface area contributed by atoms with Gasteiger partial charge in [-0.2, -0.15) is 13.2 Å². The van der Waals surface area contributed by atoms with Crippen LogP contribution in [0.1, 0.15) is 182 Å². The number of carbonyl (C=O) groups excluding carboxylic acids is 12. The van der Waals surface area contributed by atoms with E-state index in [1.165, 1.54) is 103 Å². The van der Waals surface area contributed by atoms with Crippen molar-refractivity contribution in [2.24, 2.45) is 41.4 Å². The predicted octanol–water partition coefficient (Wildman–Crippen LogP) is 6.14. The summed E-state index contributed by atoms with van der Waals surface area (Å²) in [6.45, 7) is 8.07. The predicted molar refractivity (Wildman–Crippen MR) is 375 cm³/mol. The summed E-state index contributed by atoms with van der Waals surface area (Å²) in [6.07, 6.45) is -1.32. The third-order valence-corrected chi connectivity index (χ3v) is 24.0. The van der Waals surface area contributed by atoms with Crippen LogP contribution in [-0.4, -0.2) is 282 Å². The van der Waals surface area contributed by atoms with Gasteiger partial charge in [0.25, 0.3) is 0 Å². The molecule has 6 fully saturated rings. The summed E-state index contributed by atoms with van der Waals surface area (Å²) in [5.74, 6) is -12.9. The molecule has 0 aromatic rings. The van der Waals surface area contributed by atoms with Crippen LogP contribution in [0.2, 0.25) is 0 Å². The Morgan fingerprint density at radius 2 is 1.25 bits per heavy atom. The van der Waals surface area contributed by atoms with Crippen molar-refractivity contribution in [3.8, 4) is 0 Å². The minimum atomic E-state index is -5.16. The molecule has 0 radical (unpaired) electrons. The van der Waals surface area contributed by atoms with Gasteiger partial charge in [-0.15, -0.1) is 0 Å². The molecule has 2 N–H and O–H groups in total. The van der Waals surface area contributed by atoms with E-state index < -0.39 is 199 Å². The van der Waals surface area contributed by atoms with E-state index in [4.69, 9.17) is 0 Å². The molecule has 7 rings (SSSR count). The number of nitrogens with one attached hydrogen (secondary N) is 2. The van der Waals surface area contributed by atoms with E-state index >= 15 is 37.5 Å². The average Bonchev–Trinajstić information content (AvgIpc) is 1.57. The summed E-state index contributed by atoms with van der Waals surface area (Å²) < 4.78 is 72.7. The first-order valence-corrected chi connectivity index (χ1v) is 37.6. The number of nitrogens with zero attached hydrogens (tertiary/aromatic N) is 10. The molecule has 12 atom stereocenters. The van der Waals surface area contributed by atoms with Crippen LogP contribution < -0.4 is 10.6 Å². The number of hydrogen-bond acceptors (Lipinski definition) is 12. The van der Waals surface area contributed by atoms with Crippen LogP contribution >= 0.6 is 0 Å². The number of fused-ring (bicyclic) bond motifs is 3. The topological polar surface area (TPSA) is 261 Å². The highest BCUT2D eigenvalue weighted by Gasteiger charge is 2.57. The van der Waals surface area contributed by atoms with Crippen molar-refractivity contribution >= 4 is 70.9 Å². The number of amides is 12. The van der Waals surface area contributed by atoms with Crippen molar-refractivity contribution in [3.63, 3.8) is 0 Å². The molecule has 7 aliphatic rings. The lowest BCUT2D eigenvalue weighted by Gasteiger charge is -2.51. The maximum atomic E-state index is 15.6. The van der Waals surface area contributed by atoms with Crippen LogP contribution in [0, 0.1) is 41.4 Å². The van der Waals surface area contributed by atoms with Crippen molar-refractivity contribution in [2.45, 2.75) is 255 Å². The summed E-state index contributed by atoms with van der Waals surface area (Å²) in [5, 5.41) is 5.63. The third-order valence-electron chi connectivity index (χ3n) is 24.0. The fraction of sp³-hybridized carbons (Fsp3) is 0.811. The third kappa shape index (κ3) is 19.4. The van der Waals surface area contributed by atoms with E-state index in [1.54, 1.807) is 19.9 Å². The molecule has 0 aromatic carbocycles. The van der Waals surface area contributed by atoms with Crippen molar-refractivity contribution in [3.05, 3.63) is 12.2 Å². The summed E-state index contributed by atoms with van der Waals surface area (Å²) >= 11 is 0. The molecule has 2 saturated heterocycles. The van der Waals surface area contributed by atoms with Gasteiger partial charge in [0.1, 0.15) is 72.1 Å². The van der Waals surface area contributed by atoms with Crippen molar-refractivity contribution in [2.75, 3.05) is 89.6 Å². The molecule has 1 spiro atoms. The van der Waals surface area contributed by atoms with Crippen molar-refractivity contribution in [1.82, 2.24) is 59.6 Å². The SMILES string of the molecule is CCC[C@H]1C(=O)N[C@@H]([C@@H](C)CC)C(=O)N(C)CC(=O)N(C)[C@H]2C/C=C\CCN(C2=O)[C@@H](CC2CCC(C)CC2)C(=O)N(C)CC(=O)N[C@@H](CCC2CC(F)C(C(F)(F)F)C(F)C2)C(=O)N2C[C@H](C)C[C@H]2C(=O)N(C)C2(CCC2)C(=O)N(C)[C@@H](C2CCCC2)C(=O)N(C)[C@H](C(=O)N(C)C)CC(=O)N1C. The fourth-order valence-corrected chi connectivity index (χ4v) is 17.0. The number of rotatable bonds is 11. The van der Waals surface area contributed by atoms with E-state index in [2.05, 4.69) is 17.6 Å². The Morgan fingerprint density at radius 3 is 1.83 bits per heavy atom. The molecule has 12 amide bonds. The first kappa shape index (κ1) is 83.3. The van der Waals surface area contributed by atoms with Gasteiger partial charge in [0.05, 0.1) is 19.5 Å². The van der Waals surface area contributed by atoms with Gasteiger partial charge < -0.3 is 59.6 Å². The monoisotopic (exact) mass is 1460 g/mol. The second-order valence-corrected chi connectivity index (χ2v) is 31.6. The molecule has 4 aliphatic carbocycles. The highest BCUT2D eigenvalue weighted by Crippen LogP contribution is 2.46. The van der Waals surface area contributed by atoms with E-state index in [0.29, 0.717) is 44.4 Å². The Morgan fingerprint density at radius 1 is 0.631 bits per heavy atom. The van der Waals surface area contributed by atoms with Gasteiger partial charge in [-0.05, 0) is 125 Å². The van der Waals surface area contributed by atoms with E-state index in [-0.39, 0.29) is 76.3 Å². The van der Waals surface area contributed by atoms with Crippen LogP contribution in [0.3, 0.4) is 0 Å². The molecule has 3 heterocycles. The summed E-state index contributed by atoms with van der Waals surface area (Å²) in [7, 11) is 12.8. The smallest absolute Gasteiger partial charge is 0.347 e. The first-order chi connectivity index (χ1) is 48.4. The Balaban J connectivity index is 1.31. The van der Waals surface area contributed by atoms with Crippen molar-refractivity contribution in [1.29, 1.82) is 0 Å². The summed E-state index contributed by atoms with van der Waals surface area (Å²) in [5.41, 5.74) is -1.55. The number of likely N-dealkylation sites (N-methyl/N-ethyl adjacent to an activating group) is 8. The van der Waals surface area contributed by atoms with Gasteiger partial charge in [0.2, 0.25) is 70.9 Å². The molecule has 4 saturated carbocycles. The Bertz CT molecular complexity index is 3080. The normalized spacial score (nSPS) is 32.8. The van der Waals surface area contributed by atoms with Gasteiger partial charge in [-0.1, -0.05) is 98.1 Å². The molecule has 0 aromatic heterocycles. The minimum absolute atomic E-state index is 0.0234. The lowest BCUT2D eigenvalue weighted by Crippen LogP contribution is -2.68. The van der Waals surface area contributed by atoms with Crippen LogP contribution in [0.4, 0.5) is 22.0 Å². The van der Waals surface area contributed by atoms with Gasteiger partial charge in [0, 0.05) is 76.5 Å². The standard InChI is InChI=1S/C74H117F5N12O12/c1-15-23-53-64(95)81-62(46(5)16-2)70(101)84(9)43-60(94)86(11)54-26-18-17-21-35-90(69(54)100)57(39-47-29-27-44(3)28-30-47)67(98)83(8)42-58(92)80-52(32-31-48-37-50(75)61(51(76)38-48)74(77,78)79)65(96)91-41-45(4)36-56(91)68(99)89(14)73(33-22-34-73)72(103)88(13)63(49-24-19-20-25-49)71(102)87(12)55(66(97)82(6)7)40-59(93)85(53)10/h17-18,44-57,61-63H,15-16,19-43H2,1-14H3,(H,80,92)(H,81,95)/b18-17-/t44?,45-,46+,47?,48?,50?,51?,52+,53+,54+,55+,56+,57+,61?,62+,63+/m1/s1. The molecular formula is C74H117F5N12O12. The quantitative estimate of drug-likeness (QED) is 0.175. The zero-order valence-corrected chi connectivity index (χ0v) is 63.3. The molecule has 2 bridgehead atoms. The number of halogens is 5. The zero-order valence-electron chi connectivity index (χ0n) is 63.3. The van der Waals surface area contributed by atoms with Gasteiger partial charge >= 0.3 is 6.18 Å². The number of hydrogen-bond donors (Lipinski definition) is 2. The first-order valence-electron chi connectivity index (χ1n) is 37.6. The summed E-state index contributed by atoms with van der Waals surface area (Å²) in [4.78, 5) is 193. The fourth-order valence-electron chi connectivity index (χ4n) is 17.0. The maximum Gasteiger partial charge on any atom is 0.397 e. The molecule has 24 nitrogen and oxygen atoms in total. The molecule has 103 heavy (non-hydrogen) atoms. The van der Waals surface area contributed by atoms with Gasteiger partial charge in [-0.25, -0.2) is 8.78 Å². The Hall–Kier alpha value is -6.97. The second kappa shape index (κ2) is 35.9. The van der Waals surface area contributed by atoms with Crippen LogP contribution in [0.15, 0.2) is 12.2 Å². The number of alkyl halides is 5. The Kier molecular flexibility index (Phi) is 29.0. The molecule has 29 heteroatoms. The van der Waals surface area contributed by atoms with Crippen LogP contribution in [0.25, 0.3) is 0 Å². The minimum Gasteiger partial charge on any atom is -0.347 e. The lowest BCUT2D eigenvalue weighted by atomic mass is 9.73. The second-order valence-electron chi connectivity index (χ2n) is 31.6. The largest absolute Gasteiger partial charge is 0.397 e. The number of carbonyl (C=O) groups is 12. The summed E-state index contributed by atoms with van der Waals surface area (Å²) in [6, 6.07) is -10.3. The average molecular weight is 1460 g/mol. The van der Waals surface area contributed by atoms with Gasteiger partial charge in [0.15, 0.2) is 0 Å².